The lowest BCUT2D eigenvalue weighted by Crippen LogP contribution is -2.28. The molecule has 1 aliphatic rings. The largest absolute Gasteiger partial charge is 0.456 e. The van der Waals surface area contributed by atoms with Crippen molar-refractivity contribution in [3.8, 4) is 33.4 Å². The molecule has 2 aromatic heterocycles. The number of furan rings is 2. The molecule has 10 aromatic carbocycles. The molecule has 0 bridgehead atoms. The summed E-state index contributed by atoms with van der Waals surface area (Å²) in [5, 5.41) is 4.35. The summed E-state index contributed by atoms with van der Waals surface area (Å²) in [6.07, 6.45) is 0. The van der Waals surface area contributed by atoms with Crippen molar-refractivity contribution >= 4 is 60.9 Å². The zero-order valence-electron chi connectivity index (χ0n) is 34.8. The minimum absolute atomic E-state index is 0.539. The van der Waals surface area contributed by atoms with Crippen LogP contribution in [-0.4, -0.2) is 0 Å². The molecule has 0 saturated carbocycles. The lowest BCUT2D eigenvalue weighted by Gasteiger charge is -2.34. The van der Waals surface area contributed by atoms with Crippen molar-refractivity contribution < 1.29 is 8.83 Å². The van der Waals surface area contributed by atoms with Crippen LogP contribution in [0, 0.1) is 0 Å². The van der Waals surface area contributed by atoms with E-state index in [9.17, 15) is 0 Å². The molecule has 2 heterocycles. The fourth-order valence-electron chi connectivity index (χ4n) is 10.5. The highest BCUT2D eigenvalue weighted by Crippen LogP contribution is 2.56. The van der Waals surface area contributed by atoms with Crippen molar-refractivity contribution in [1.29, 1.82) is 0 Å². The summed E-state index contributed by atoms with van der Waals surface area (Å²) in [6, 6.07) is 85.4. The third-order valence-corrected chi connectivity index (χ3v) is 13.4. The molecular formula is C61H39NO2. The third-order valence-electron chi connectivity index (χ3n) is 13.4. The topological polar surface area (TPSA) is 29.5 Å². The summed E-state index contributed by atoms with van der Waals surface area (Å²) in [5.74, 6) is 0. The van der Waals surface area contributed by atoms with Gasteiger partial charge in [-0.1, -0.05) is 176 Å². The lowest BCUT2D eigenvalue weighted by molar-refractivity contribution is 0.668. The van der Waals surface area contributed by atoms with Gasteiger partial charge in [-0.05, 0) is 116 Å². The van der Waals surface area contributed by atoms with Gasteiger partial charge in [-0.15, -0.1) is 0 Å². The second kappa shape index (κ2) is 14.3. The monoisotopic (exact) mass is 817 g/mol. The summed E-state index contributed by atoms with van der Waals surface area (Å²) in [4.78, 5) is 2.37. The molecule has 12 aromatic rings. The zero-order valence-corrected chi connectivity index (χ0v) is 34.8. The Labute approximate surface area is 370 Å². The minimum Gasteiger partial charge on any atom is -0.456 e. The molecule has 0 N–H and O–H groups in total. The number of fused-ring (bicyclic) bond motifs is 9. The van der Waals surface area contributed by atoms with Crippen molar-refractivity contribution in [3.63, 3.8) is 0 Å². The summed E-state index contributed by atoms with van der Waals surface area (Å²) >= 11 is 0. The van der Waals surface area contributed by atoms with Crippen LogP contribution in [0.5, 0.6) is 0 Å². The van der Waals surface area contributed by atoms with Crippen LogP contribution in [0.2, 0.25) is 0 Å². The Bertz CT molecular complexity index is 3670. The van der Waals surface area contributed by atoms with Crippen LogP contribution < -0.4 is 4.90 Å². The Kier molecular flexibility index (Phi) is 8.13. The Morgan fingerprint density at radius 1 is 0.297 bits per heavy atom. The van der Waals surface area contributed by atoms with Gasteiger partial charge >= 0.3 is 0 Å². The summed E-state index contributed by atoms with van der Waals surface area (Å²) in [7, 11) is 0. The average molecular weight is 818 g/mol. The van der Waals surface area contributed by atoms with E-state index in [2.05, 4.69) is 229 Å². The normalized spacial score (nSPS) is 12.8. The van der Waals surface area contributed by atoms with Crippen LogP contribution >= 0.6 is 0 Å². The maximum absolute atomic E-state index is 6.54. The van der Waals surface area contributed by atoms with Crippen molar-refractivity contribution in [3.05, 3.63) is 259 Å². The SMILES string of the molecule is c1ccc(-c2ccc(C3(c4ccc(N(c5ccc6oc7ccccc7c6c5)c5ccc6oc7cccc(-c8ccccc8)c7c6c5)cc4)c4ccccc4-c4ccccc43)cc2)cc1. The van der Waals surface area contributed by atoms with E-state index >= 15 is 0 Å². The number of para-hydroxylation sites is 1. The summed E-state index contributed by atoms with van der Waals surface area (Å²) < 4.78 is 12.9. The van der Waals surface area contributed by atoms with E-state index in [1.54, 1.807) is 0 Å². The molecule has 0 spiro atoms. The van der Waals surface area contributed by atoms with Gasteiger partial charge in [-0.2, -0.15) is 0 Å². The second-order valence-corrected chi connectivity index (χ2v) is 16.8. The maximum atomic E-state index is 6.54. The molecule has 0 saturated heterocycles. The molecule has 3 nitrogen and oxygen atoms in total. The Balaban J connectivity index is 1.02. The molecule has 0 aliphatic heterocycles. The molecule has 0 unspecified atom stereocenters. The van der Waals surface area contributed by atoms with E-state index in [1.165, 1.54) is 44.5 Å². The first-order chi connectivity index (χ1) is 31.7. The van der Waals surface area contributed by atoms with Crippen LogP contribution in [-0.2, 0) is 5.41 Å². The number of rotatable bonds is 7. The molecule has 0 amide bonds. The standard InChI is InChI=1S/C61H39NO2/c1-3-14-40(15-4-1)41-26-28-43(29-27-41)61(54-22-10-7-18-49(54)50-19-8-11-23-55(50)61)44-30-32-45(33-31-44)62(46-34-36-57-52(38-46)51-20-9-12-24-56(51)63-57)47-35-37-58-53(39-47)60-48(21-13-25-59(60)64-58)42-16-5-2-6-17-42/h1-39H. The molecular weight excluding hydrogens is 779 g/mol. The van der Waals surface area contributed by atoms with Crippen LogP contribution in [0.4, 0.5) is 17.1 Å². The number of hydrogen-bond donors (Lipinski definition) is 0. The van der Waals surface area contributed by atoms with Gasteiger partial charge in [0, 0.05) is 38.6 Å². The van der Waals surface area contributed by atoms with E-state index in [0.717, 1.165) is 72.1 Å². The van der Waals surface area contributed by atoms with Gasteiger partial charge in [0.05, 0.1) is 5.41 Å². The molecule has 64 heavy (non-hydrogen) atoms. The maximum Gasteiger partial charge on any atom is 0.136 e. The molecule has 0 radical (unpaired) electrons. The summed E-state index contributed by atoms with van der Waals surface area (Å²) in [5.41, 5.74) is 18.3. The molecule has 1 aliphatic carbocycles. The third kappa shape index (κ3) is 5.47. The van der Waals surface area contributed by atoms with E-state index in [4.69, 9.17) is 8.83 Å². The van der Waals surface area contributed by atoms with Gasteiger partial charge in [0.25, 0.3) is 0 Å². The van der Waals surface area contributed by atoms with Gasteiger partial charge in [0.2, 0.25) is 0 Å². The highest BCUT2D eigenvalue weighted by molar-refractivity contribution is 6.14. The zero-order chi connectivity index (χ0) is 42.2. The fourth-order valence-corrected chi connectivity index (χ4v) is 10.5. The van der Waals surface area contributed by atoms with Crippen molar-refractivity contribution in [2.45, 2.75) is 5.41 Å². The van der Waals surface area contributed by atoms with Crippen LogP contribution in [0.25, 0.3) is 77.3 Å². The van der Waals surface area contributed by atoms with E-state index in [-0.39, 0.29) is 0 Å². The van der Waals surface area contributed by atoms with E-state index in [1.807, 2.05) is 12.1 Å². The molecule has 0 atom stereocenters. The smallest absolute Gasteiger partial charge is 0.136 e. The molecule has 0 fully saturated rings. The van der Waals surface area contributed by atoms with Gasteiger partial charge < -0.3 is 13.7 Å². The first kappa shape index (κ1) is 36.3. The minimum atomic E-state index is -0.539. The van der Waals surface area contributed by atoms with Crippen molar-refractivity contribution in [2.75, 3.05) is 4.90 Å². The Hall–Kier alpha value is -8.40. The Morgan fingerprint density at radius 3 is 1.45 bits per heavy atom. The Morgan fingerprint density at radius 2 is 0.766 bits per heavy atom. The van der Waals surface area contributed by atoms with Crippen LogP contribution in [0.15, 0.2) is 245 Å². The van der Waals surface area contributed by atoms with Crippen molar-refractivity contribution in [2.24, 2.45) is 0 Å². The molecule has 13 rings (SSSR count). The van der Waals surface area contributed by atoms with Crippen LogP contribution in [0.1, 0.15) is 22.3 Å². The molecule has 300 valence electrons. The second-order valence-electron chi connectivity index (χ2n) is 16.8. The lowest BCUT2D eigenvalue weighted by atomic mass is 9.67. The van der Waals surface area contributed by atoms with Crippen LogP contribution in [0.3, 0.4) is 0 Å². The molecule has 3 heteroatoms. The first-order valence-electron chi connectivity index (χ1n) is 21.9. The summed E-state index contributed by atoms with van der Waals surface area (Å²) in [6.45, 7) is 0. The van der Waals surface area contributed by atoms with Gasteiger partial charge in [-0.25, -0.2) is 0 Å². The van der Waals surface area contributed by atoms with E-state index in [0.29, 0.717) is 0 Å². The average Bonchev–Trinajstić information content (AvgIpc) is 4.03. The number of hydrogen-bond acceptors (Lipinski definition) is 3. The number of benzene rings is 10. The number of nitrogens with zero attached hydrogens (tertiary/aromatic N) is 1. The predicted octanol–water partition coefficient (Wildman–Crippen LogP) is 16.7. The fraction of sp³-hybridized carbons (Fsp3) is 0.0164. The highest BCUT2D eigenvalue weighted by Gasteiger charge is 2.46. The van der Waals surface area contributed by atoms with Crippen molar-refractivity contribution in [1.82, 2.24) is 0 Å². The predicted molar refractivity (Wildman–Crippen MR) is 264 cm³/mol. The highest BCUT2D eigenvalue weighted by atomic mass is 16.3. The van der Waals surface area contributed by atoms with E-state index < -0.39 is 5.41 Å². The number of anilines is 3. The quantitative estimate of drug-likeness (QED) is 0.160. The van der Waals surface area contributed by atoms with Gasteiger partial charge in [-0.3, -0.25) is 0 Å². The van der Waals surface area contributed by atoms with Gasteiger partial charge in [0.1, 0.15) is 22.3 Å². The first-order valence-corrected chi connectivity index (χ1v) is 21.9. The van der Waals surface area contributed by atoms with Gasteiger partial charge in [0.15, 0.2) is 0 Å².